The number of benzene rings is 1. The first-order valence-electron chi connectivity index (χ1n) is 10.6. The van der Waals surface area contributed by atoms with Crippen LogP contribution in [0.3, 0.4) is 0 Å². The fourth-order valence-electron chi connectivity index (χ4n) is 4.27. The summed E-state index contributed by atoms with van der Waals surface area (Å²) in [5.41, 5.74) is 4.01. The molecule has 3 aromatic rings. The summed E-state index contributed by atoms with van der Waals surface area (Å²) in [6, 6.07) is 4.73. The third kappa shape index (κ3) is 3.40. The number of likely N-dealkylation sites (N-methyl/N-ethyl adjacent to an activating group) is 1. The molecule has 2 unspecified atom stereocenters. The van der Waals surface area contributed by atoms with Crippen molar-refractivity contribution in [1.29, 1.82) is 0 Å². The van der Waals surface area contributed by atoms with Crippen molar-refractivity contribution in [2.75, 3.05) is 23.4 Å². The molecule has 0 radical (unpaired) electrons. The first kappa shape index (κ1) is 21.0. The molecule has 1 aromatic carbocycles. The van der Waals surface area contributed by atoms with Gasteiger partial charge in [0.25, 0.3) is 0 Å². The Hall–Kier alpha value is -3.89. The monoisotopic (exact) mass is 452 g/mol. The number of carbonyl (C=O) groups is 1. The highest BCUT2D eigenvalue weighted by atomic mass is 19.1. The Morgan fingerprint density at radius 3 is 2.73 bits per heavy atom. The molecule has 0 saturated heterocycles. The molecule has 0 saturated carbocycles. The van der Waals surface area contributed by atoms with Gasteiger partial charge in [-0.1, -0.05) is 6.92 Å². The Labute approximate surface area is 188 Å². The van der Waals surface area contributed by atoms with Crippen LogP contribution in [0.15, 0.2) is 41.8 Å². The number of anilines is 3. The van der Waals surface area contributed by atoms with E-state index in [1.165, 1.54) is 12.1 Å². The Kier molecular flexibility index (Phi) is 5.03. The summed E-state index contributed by atoms with van der Waals surface area (Å²) >= 11 is 0. The van der Waals surface area contributed by atoms with Crippen LogP contribution in [-0.4, -0.2) is 51.0 Å². The molecule has 2 atom stereocenters. The number of hydrazone groups is 1. The maximum atomic E-state index is 14.5. The summed E-state index contributed by atoms with van der Waals surface area (Å²) in [5.74, 6) is -0.340. The number of hydrogen-bond donors (Lipinski definition) is 1. The summed E-state index contributed by atoms with van der Waals surface area (Å²) < 4.78 is 29.6. The quantitative estimate of drug-likeness (QED) is 0.654. The van der Waals surface area contributed by atoms with Crippen molar-refractivity contribution < 1.29 is 13.6 Å². The molecule has 9 nitrogen and oxygen atoms in total. The number of carbonyl (C=O) groups excluding carboxylic acids is 1. The Morgan fingerprint density at radius 1 is 1.21 bits per heavy atom. The van der Waals surface area contributed by atoms with Crippen molar-refractivity contribution in [3.63, 3.8) is 0 Å². The molecule has 2 aromatic heterocycles. The van der Waals surface area contributed by atoms with E-state index in [1.807, 2.05) is 17.9 Å². The molecule has 0 aliphatic carbocycles. The summed E-state index contributed by atoms with van der Waals surface area (Å²) in [5, 5.41) is 8.73. The van der Waals surface area contributed by atoms with E-state index in [9.17, 15) is 13.6 Å². The number of aryl methyl sites for hydroxylation is 1. The van der Waals surface area contributed by atoms with Gasteiger partial charge in [-0.3, -0.25) is 14.4 Å². The smallest absolute Gasteiger partial charge is 0.250 e. The van der Waals surface area contributed by atoms with E-state index in [4.69, 9.17) is 4.98 Å². The van der Waals surface area contributed by atoms with Crippen LogP contribution >= 0.6 is 0 Å². The fourth-order valence-corrected chi connectivity index (χ4v) is 4.27. The minimum absolute atomic E-state index is 0.0785. The number of amides is 1. The topological polar surface area (TPSA) is 91.5 Å². The molecule has 2 aliphatic rings. The van der Waals surface area contributed by atoms with E-state index < -0.39 is 23.6 Å². The highest BCUT2D eigenvalue weighted by Crippen LogP contribution is 2.39. The molecule has 0 fully saturated rings. The van der Waals surface area contributed by atoms with Gasteiger partial charge in [0.2, 0.25) is 5.91 Å². The van der Waals surface area contributed by atoms with Gasteiger partial charge in [0, 0.05) is 44.5 Å². The first-order valence-corrected chi connectivity index (χ1v) is 10.6. The standard InChI is InChI=1S/C22H22F2N8O/c1-4-16-22(33)31(3)17-11-25-20(27-21(17)32(16)18-7-8-30(2)29-18)14-10-26-28-19(14)13-6-5-12(23)9-15(13)24/h5-9,11,14,16,26H,4,10H2,1-3H3. The second-order valence-electron chi connectivity index (χ2n) is 8.01. The summed E-state index contributed by atoms with van der Waals surface area (Å²) in [4.78, 5) is 25.7. The summed E-state index contributed by atoms with van der Waals surface area (Å²) in [7, 11) is 3.50. The van der Waals surface area contributed by atoms with Gasteiger partial charge in [-0.2, -0.15) is 10.2 Å². The largest absolute Gasteiger partial charge is 0.309 e. The molecule has 33 heavy (non-hydrogen) atoms. The van der Waals surface area contributed by atoms with Gasteiger partial charge in [0.15, 0.2) is 11.6 Å². The second kappa shape index (κ2) is 7.91. The lowest BCUT2D eigenvalue weighted by molar-refractivity contribution is -0.119. The van der Waals surface area contributed by atoms with Crippen molar-refractivity contribution in [1.82, 2.24) is 25.2 Å². The molecule has 2 aliphatic heterocycles. The van der Waals surface area contributed by atoms with Gasteiger partial charge in [-0.15, -0.1) is 0 Å². The highest BCUT2D eigenvalue weighted by molar-refractivity contribution is 6.07. The normalized spacial score (nSPS) is 20.0. The summed E-state index contributed by atoms with van der Waals surface area (Å²) in [6.07, 6.45) is 3.95. The number of nitrogens with one attached hydrogen (secondary N) is 1. The van der Waals surface area contributed by atoms with Crippen LogP contribution in [0.1, 0.15) is 30.7 Å². The highest BCUT2D eigenvalue weighted by Gasteiger charge is 2.40. The molecule has 5 rings (SSSR count). The predicted octanol–water partition coefficient (Wildman–Crippen LogP) is 2.47. The third-order valence-corrected chi connectivity index (χ3v) is 5.96. The van der Waals surface area contributed by atoms with Crippen LogP contribution in [0.2, 0.25) is 0 Å². The lowest BCUT2D eigenvalue weighted by Gasteiger charge is -2.39. The fraction of sp³-hybridized carbons (Fsp3) is 0.318. The number of hydrogen-bond acceptors (Lipinski definition) is 7. The SMILES string of the molecule is CCC1C(=O)N(C)c2cnc(C3CNN=C3c3ccc(F)cc3F)nc2N1c1ccn(C)n1. The van der Waals surface area contributed by atoms with Crippen molar-refractivity contribution in [3.8, 4) is 0 Å². The zero-order valence-electron chi connectivity index (χ0n) is 18.3. The van der Waals surface area contributed by atoms with Gasteiger partial charge in [-0.25, -0.2) is 18.7 Å². The molecule has 1 amide bonds. The number of aromatic nitrogens is 4. The Bertz CT molecular complexity index is 1270. The predicted molar refractivity (Wildman–Crippen MR) is 119 cm³/mol. The maximum absolute atomic E-state index is 14.5. The average molecular weight is 452 g/mol. The van der Waals surface area contributed by atoms with Gasteiger partial charge in [0.1, 0.15) is 29.2 Å². The lowest BCUT2D eigenvalue weighted by atomic mass is 9.96. The van der Waals surface area contributed by atoms with Crippen molar-refractivity contribution in [3.05, 3.63) is 59.7 Å². The maximum Gasteiger partial charge on any atom is 0.250 e. The molecule has 0 spiro atoms. The van der Waals surface area contributed by atoms with E-state index in [2.05, 4.69) is 20.6 Å². The number of halogens is 2. The zero-order chi connectivity index (χ0) is 23.3. The molecular formula is C22H22F2N8O. The lowest BCUT2D eigenvalue weighted by Crippen LogP contribution is -2.50. The summed E-state index contributed by atoms with van der Waals surface area (Å²) in [6.45, 7) is 2.29. The Balaban J connectivity index is 1.61. The molecule has 4 heterocycles. The van der Waals surface area contributed by atoms with E-state index in [0.29, 0.717) is 41.8 Å². The minimum Gasteiger partial charge on any atom is -0.309 e. The van der Waals surface area contributed by atoms with Crippen LogP contribution in [0.4, 0.5) is 26.1 Å². The Morgan fingerprint density at radius 2 is 2.03 bits per heavy atom. The third-order valence-electron chi connectivity index (χ3n) is 5.96. The number of nitrogens with zero attached hydrogens (tertiary/aromatic N) is 7. The van der Waals surface area contributed by atoms with Crippen LogP contribution in [0.5, 0.6) is 0 Å². The molecule has 11 heteroatoms. The van der Waals surface area contributed by atoms with Gasteiger partial charge in [0.05, 0.1) is 17.8 Å². The van der Waals surface area contributed by atoms with E-state index in [-0.39, 0.29) is 11.5 Å². The zero-order valence-corrected chi connectivity index (χ0v) is 18.3. The second-order valence-corrected chi connectivity index (χ2v) is 8.01. The molecule has 170 valence electrons. The molecule has 1 N–H and O–H groups in total. The minimum atomic E-state index is -0.702. The van der Waals surface area contributed by atoms with E-state index >= 15 is 0 Å². The molecular weight excluding hydrogens is 430 g/mol. The molecule has 0 bridgehead atoms. The van der Waals surface area contributed by atoms with Gasteiger partial charge in [-0.05, 0) is 18.6 Å². The van der Waals surface area contributed by atoms with Crippen molar-refractivity contribution in [2.45, 2.75) is 25.3 Å². The number of rotatable bonds is 4. The van der Waals surface area contributed by atoms with Crippen molar-refractivity contribution >= 4 is 28.9 Å². The van der Waals surface area contributed by atoms with E-state index in [1.54, 1.807) is 36.1 Å². The van der Waals surface area contributed by atoms with Gasteiger partial charge >= 0.3 is 0 Å². The van der Waals surface area contributed by atoms with E-state index in [0.717, 1.165) is 6.07 Å². The van der Waals surface area contributed by atoms with Crippen LogP contribution in [0.25, 0.3) is 0 Å². The van der Waals surface area contributed by atoms with Crippen molar-refractivity contribution in [2.24, 2.45) is 12.1 Å². The first-order chi connectivity index (χ1) is 15.9. The van der Waals surface area contributed by atoms with Crippen LogP contribution in [0, 0.1) is 11.6 Å². The van der Waals surface area contributed by atoms with Crippen LogP contribution < -0.4 is 15.2 Å². The average Bonchev–Trinajstić information content (AvgIpc) is 3.45. The number of fused-ring (bicyclic) bond motifs is 1. The van der Waals surface area contributed by atoms with Crippen LogP contribution in [-0.2, 0) is 11.8 Å². The van der Waals surface area contributed by atoms with Gasteiger partial charge < -0.3 is 10.3 Å².